The molecule has 0 unspecified atom stereocenters. The Morgan fingerprint density at radius 1 is 1.20 bits per heavy atom. The van der Waals surface area contributed by atoms with Gasteiger partial charge in [-0.15, -0.1) is 0 Å². The molecule has 0 atom stereocenters. The Morgan fingerprint density at radius 2 is 1.70 bits per heavy atom. The predicted molar refractivity (Wildman–Crippen MR) is 89.4 cm³/mol. The Bertz CT molecular complexity index is 578. The van der Waals surface area contributed by atoms with Crippen molar-refractivity contribution in [2.75, 3.05) is 18.4 Å². The zero-order valence-electron chi connectivity index (χ0n) is 10.5. The summed E-state index contributed by atoms with van der Waals surface area (Å²) in [6.07, 6.45) is 1.69. The summed E-state index contributed by atoms with van der Waals surface area (Å²) < 4.78 is 27.5. The van der Waals surface area contributed by atoms with Crippen LogP contribution in [0.25, 0.3) is 0 Å². The quantitative estimate of drug-likeness (QED) is 0.614. The summed E-state index contributed by atoms with van der Waals surface area (Å²) >= 11 is 18.8. The van der Waals surface area contributed by atoms with Crippen LogP contribution < -0.4 is 0 Å². The van der Waals surface area contributed by atoms with E-state index in [9.17, 15) is 8.42 Å². The summed E-state index contributed by atoms with van der Waals surface area (Å²) in [4.78, 5) is 0.00123. The molecule has 0 aromatic heterocycles. The van der Waals surface area contributed by atoms with Gasteiger partial charge in [-0.25, -0.2) is 8.42 Å². The van der Waals surface area contributed by atoms with Crippen molar-refractivity contribution in [1.29, 1.82) is 0 Å². The van der Waals surface area contributed by atoms with Gasteiger partial charge in [-0.3, -0.25) is 0 Å². The fraction of sp³-hybridized carbons (Fsp3) is 0.500. The second-order valence-corrected chi connectivity index (χ2v) is 8.95. The predicted octanol–water partition coefficient (Wildman–Crippen LogP) is 4.55. The molecular formula is C12H13Br2Cl2NO2S. The number of hydrogen-bond acceptors (Lipinski definition) is 2. The topological polar surface area (TPSA) is 37.4 Å². The molecule has 1 saturated heterocycles. The standard InChI is InChI=1S/C12H13Br2Cl2NO2S/c13-7-8-1-3-17(4-2-8)20(18,19)12-10(15)5-9(14)6-11(12)16/h5-6,8H,1-4,7H2. The van der Waals surface area contributed by atoms with Crippen molar-refractivity contribution in [3.63, 3.8) is 0 Å². The van der Waals surface area contributed by atoms with Gasteiger partial charge in [-0.2, -0.15) is 4.31 Å². The molecule has 0 bridgehead atoms. The summed E-state index contributed by atoms with van der Waals surface area (Å²) in [7, 11) is -3.64. The first-order chi connectivity index (χ1) is 9.36. The van der Waals surface area contributed by atoms with Gasteiger partial charge in [0.25, 0.3) is 0 Å². The third kappa shape index (κ3) is 3.52. The summed E-state index contributed by atoms with van der Waals surface area (Å²) in [5.74, 6) is 0.525. The zero-order chi connectivity index (χ0) is 14.9. The largest absolute Gasteiger partial charge is 0.246 e. The molecule has 3 nitrogen and oxygen atoms in total. The van der Waals surface area contributed by atoms with E-state index in [1.165, 1.54) is 4.31 Å². The van der Waals surface area contributed by atoms with Gasteiger partial charge in [0.1, 0.15) is 4.90 Å². The molecule has 1 fully saturated rings. The van der Waals surface area contributed by atoms with Gasteiger partial charge >= 0.3 is 0 Å². The molecule has 0 N–H and O–H groups in total. The number of rotatable bonds is 3. The van der Waals surface area contributed by atoms with E-state index in [0.717, 1.165) is 18.2 Å². The number of benzene rings is 1. The molecule has 1 aliphatic rings. The maximum atomic E-state index is 12.7. The summed E-state index contributed by atoms with van der Waals surface area (Å²) in [6, 6.07) is 3.09. The van der Waals surface area contributed by atoms with E-state index in [1.54, 1.807) is 12.1 Å². The molecule has 112 valence electrons. The average Bonchev–Trinajstić information content (AvgIpc) is 2.37. The molecule has 1 aromatic rings. The van der Waals surface area contributed by atoms with E-state index in [-0.39, 0.29) is 14.9 Å². The minimum atomic E-state index is -3.64. The molecule has 2 rings (SSSR count). The zero-order valence-corrected chi connectivity index (χ0v) is 16.0. The molecule has 20 heavy (non-hydrogen) atoms. The molecule has 0 radical (unpaired) electrons. The third-order valence-corrected chi connectivity index (χ3v) is 7.55. The first kappa shape index (κ1) is 17.0. The maximum absolute atomic E-state index is 12.7. The van der Waals surface area contributed by atoms with Crippen LogP contribution in [0.15, 0.2) is 21.5 Å². The fourth-order valence-corrected chi connectivity index (χ4v) is 6.21. The smallest absolute Gasteiger partial charge is 0.207 e. The minimum Gasteiger partial charge on any atom is -0.207 e. The van der Waals surface area contributed by atoms with Crippen molar-refractivity contribution in [2.24, 2.45) is 5.92 Å². The maximum Gasteiger partial charge on any atom is 0.246 e. The van der Waals surface area contributed by atoms with Crippen LogP contribution in [0.4, 0.5) is 0 Å². The molecule has 1 aliphatic heterocycles. The lowest BCUT2D eigenvalue weighted by Crippen LogP contribution is -2.39. The Labute approximate surface area is 145 Å². The van der Waals surface area contributed by atoms with Crippen molar-refractivity contribution in [3.8, 4) is 0 Å². The van der Waals surface area contributed by atoms with Gasteiger partial charge in [0.2, 0.25) is 10.0 Å². The Balaban J connectivity index is 2.32. The monoisotopic (exact) mass is 463 g/mol. The van der Waals surface area contributed by atoms with E-state index in [1.807, 2.05) is 0 Å². The minimum absolute atomic E-state index is 0.00123. The molecular weight excluding hydrogens is 453 g/mol. The van der Waals surface area contributed by atoms with Crippen LogP contribution in [0.5, 0.6) is 0 Å². The van der Waals surface area contributed by atoms with E-state index in [4.69, 9.17) is 23.2 Å². The van der Waals surface area contributed by atoms with Gasteiger partial charge in [-0.1, -0.05) is 55.1 Å². The summed E-state index contributed by atoms with van der Waals surface area (Å²) in [6.45, 7) is 1.00. The number of nitrogens with zero attached hydrogens (tertiary/aromatic N) is 1. The molecule has 8 heteroatoms. The van der Waals surface area contributed by atoms with Crippen LogP contribution in [-0.2, 0) is 10.0 Å². The van der Waals surface area contributed by atoms with Crippen molar-refractivity contribution in [2.45, 2.75) is 17.7 Å². The van der Waals surface area contributed by atoms with Gasteiger partial charge < -0.3 is 0 Å². The van der Waals surface area contributed by atoms with Crippen molar-refractivity contribution in [1.82, 2.24) is 4.31 Å². The van der Waals surface area contributed by atoms with Gasteiger partial charge in [0.05, 0.1) is 10.0 Å². The van der Waals surface area contributed by atoms with Crippen LogP contribution in [0, 0.1) is 5.92 Å². The van der Waals surface area contributed by atoms with Gasteiger partial charge in [0.15, 0.2) is 0 Å². The normalized spacial score (nSPS) is 18.4. The molecule has 0 spiro atoms. The van der Waals surface area contributed by atoms with Gasteiger partial charge in [-0.05, 0) is 30.9 Å². The number of alkyl halides is 1. The molecule has 0 amide bonds. The fourth-order valence-electron chi connectivity index (χ4n) is 2.21. The highest BCUT2D eigenvalue weighted by molar-refractivity contribution is 9.10. The molecule has 1 heterocycles. The van der Waals surface area contributed by atoms with Crippen LogP contribution in [0.3, 0.4) is 0 Å². The number of piperidine rings is 1. The SMILES string of the molecule is O=S(=O)(c1c(Cl)cc(Br)cc1Cl)N1CCC(CBr)CC1. The lowest BCUT2D eigenvalue weighted by molar-refractivity contribution is 0.292. The number of halogens is 4. The van der Waals surface area contributed by atoms with E-state index < -0.39 is 10.0 Å². The number of hydrogen-bond donors (Lipinski definition) is 0. The van der Waals surface area contributed by atoms with Crippen molar-refractivity contribution in [3.05, 3.63) is 26.7 Å². The van der Waals surface area contributed by atoms with E-state index in [0.29, 0.717) is 23.5 Å². The van der Waals surface area contributed by atoms with E-state index in [2.05, 4.69) is 31.9 Å². The van der Waals surface area contributed by atoms with Crippen LogP contribution >= 0.6 is 55.1 Å². The summed E-state index contributed by atoms with van der Waals surface area (Å²) in [5.41, 5.74) is 0. The Morgan fingerprint density at radius 3 is 2.15 bits per heavy atom. The van der Waals surface area contributed by atoms with Crippen molar-refractivity contribution >= 4 is 65.1 Å². The Kier molecular flexibility index (Phi) is 5.82. The van der Waals surface area contributed by atoms with Crippen molar-refractivity contribution < 1.29 is 8.42 Å². The highest BCUT2D eigenvalue weighted by atomic mass is 79.9. The highest BCUT2D eigenvalue weighted by Gasteiger charge is 2.32. The summed E-state index contributed by atoms with van der Waals surface area (Å²) in [5, 5.41) is 1.19. The second-order valence-electron chi connectivity index (χ2n) is 4.70. The van der Waals surface area contributed by atoms with E-state index >= 15 is 0 Å². The molecule has 1 aromatic carbocycles. The third-order valence-electron chi connectivity index (χ3n) is 3.35. The van der Waals surface area contributed by atoms with Gasteiger partial charge in [0, 0.05) is 22.9 Å². The molecule has 0 saturated carbocycles. The van der Waals surface area contributed by atoms with Crippen LogP contribution in [-0.4, -0.2) is 31.1 Å². The first-order valence-electron chi connectivity index (χ1n) is 6.07. The average molecular weight is 466 g/mol. The highest BCUT2D eigenvalue weighted by Crippen LogP contribution is 2.36. The van der Waals surface area contributed by atoms with Crippen LogP contribution in [0.1, 0.15) is 12.8 Å². The first-order valence-corrected chi connectivity index (χ1v) is 10.2. The lowest BCUT2D eigenvalue weighted by atomic mass is 10.0. The second kappa shape index (κ2) is 6.84. The van der Waals surface area contributed by atoms with Crippen LogP contribution in [0.2, 0.25) is 10.0 Å². The Hall–Kier alpha value is 0.670. The lowest BCUT2D eigenvalue weighted by Gasteiger charge is -2.30. The molecule has 0 aliphatic carbocycles. The number of sulfonamides is 1.